The van der Waals surface area contributed by atoms with Crippen LogP contribution in [0.2, 0.25) is 0 Å². The van der Waals surface area contributed by atoms with Crippen molar-refractivity contribution in [3.05, 3.63) is 60.2 Å². The Bertz CT molecular complexity index is 588. The summed E-state index contributed by atoms with van der Waals surface area (Å²) < 4.78 is 0. The lowest BCUT2D eigenvalue weighted by molar-refractivity contribution is 0.0695. The van der Waals surface area contributed by atoms with E-state index in [1.807, 2.05) is 12.2 Å². The van der Waals surface area contributed by atoms with Crippen LogP contribution in [0.3, 0.4) is 0 Å². The minimum atomic E-state index is -1.12. The molecule has 0 fully saturated rings. The minimum absolute atomic E-state index is 0.0111. The van der Waals surface area contributed by atoms with Gasteiger partial charge in [0.2, 0.25) is 0 Å². The van der Waals surface area contributed by atoms with E-state index in [1.165, 1.54) is 57.1 Å². The van der Waals surface area contributed by atoms with Gasteiger partial charge in [-0.05, 0) is 56.2 Å². The molecule has 4 heteroatoms. The number of unbranched alkanes of at least 4 members (excludes halogenated alkanes) is 4. The van der Waals surface area contributed by atoms with Gasteiger partial charge in [-0.2, -0.15) is 0 Å². The third kappa shape index (κ3) is 15.9. The lowest BCUT2D eigenvalue weighted by Gasteiger charge is -2.01. The lowest BCUT2D eigenvalue weighted by atomic mass is 10.1. The fourth-order valence-corrected chi connectivity index (χ4v) is 2.19. The summed E-state index contributed by atoms with van der Waals surface area (Å²) in [5.74, 6) is -1.38. The molecule has 0 spiro atoms. The van der Waals surface area contributed by atoms with Crippen LogP contribution >= 0.6 is 0 Å². The summed E-state index contributed by atoms with van der Waals surface area (Å²) in [6, 6.07) is 4.01. The second-order valence-electron chi connectivity index (χ2n) is 7.04. The van der Waals surface area contributed by atoms with Crippen molar-refractivity contribution >= 4 is 11.9 Å². The number of rotatable bonds is 10. The van der Waals surface area contributed by atoms with Gasteiger partial charge in [-0.15, -0.1) is 13.2 Å². The van der Waals surface area contributed by atoms with Crippen molar-refractivity contribution in [2.75, 3.05) is 0 Å². The molecule has 0 radical (unpaired) electrons. The molecule has 28 heavy (non-hydrogen) atoms. The highest BCUT2D eigenvalue weighted by atomic mass is 16.4. The number of carboxylic acid groups (broad SMARTS) is 2. The highest BCUT2D eigenvalue weighted by Gasteiger charge is 2.10. The maximum Gasteiger partial charge on any atom is 0.335 e. The minimum Gasteiger partial charge on any atom is -0.478 e. The normalized spacial score (nSPS) is 9.46. The topological polar surface area (TPSA) is 74.6 Å². The van der Waals surface area contributed by atoms with Crippen molar-refractivity contribution in [2.45, 2.75) is 72.6 Å². The second kappa shape index (κ2) is 18.0. The highest BCUT2D eigenvalue weighted by Crippen LogP contribution is 2.11. The summed E-state index contributed by atoms with van der Waals surface area (Å²) in [7, 11) is 0. The molecule has 4 nitrogen and oxygen atoms in total. The van der Waals surface area contributed by atoms with E-state index in [4.69, 9.17) is 10.2 Å². The Morgan fingerprint density at radius 1 is 1.00 bits per heavy atom. The fraction of sp³-hybridized carbons (Fsp3) is 0.500. The molecule has 0 unspecified atom stereocenters. The van der Waals surface area contributed by atoms with Gasteiger partial charge in [0.05, 0.1) is 11.1 Å². The van der Waals surface area contributed by atoms with Crippen LogP contribution < -0.4 is 0 Å². The number of benzene rings is 1. The Labute approximate surface area is 171 Å². The Kier molecular flexibility index (Phi) is 17.9. The molecular weight excluding hydrogens is 352 g/mol. The SMILES string of the molecule is C=CCCCC(C)C.C=CCCCCC.Cc1ccc(C(=O)O)cc1C(=O)O. The van der Waals surface area contributed by atoms with Gasteiger partial charge in [-0.25, -0.2) is 9.59 Å². The molecule has 158 valence electrons. The molecule has 1 aromatic rings. The van der Waals surface area contributed by atoms with Gasteiger partial charge in [0.15, 0.2) is 0 Å². The smallest absolute Gasteiger partial charge is 0.335 e. The van der Waals surface area contributed by atoms with Crippen LogP contribution in [-0.2, 0) is 0 Å². The predicted molar refractivity (Wildman–Crippen MR) is 118 cm³/mol. The largest absolute Gasteiger partial charge is 0.478 e. The maximum atomic E-state index is 10.6. The predicted octanol–water partition coefficient (Wildman–Crippen LogP) is 7.14. The van der Waals surface area contributed by atoms with E-state index in [0.717, 1.165) is 12.0 Å². The first-order chi connectivity index (χ1) is 13.2. The fourth-order valence-electron chi connectivity index (χ4n) is 2.19. The molecule has 0 bridgehead atoms. The van der Waals surface area contributed by atoms with Crippen molar-refractivity contribution < 1.29 is 19.8 Å². The molecule has 2 N–H and O–H groups in total. The first-order valence-electron chi connectivity index (χ1n) is 10.00. The molecule has 0 aliphatic carbocycles. The number of hydrogen-bond acceptors (Lipinski definition) is 2. The van der Waals surface area contributed by atoms with Crippen molar-refractivity contribution in [1.29, 1.82) is 0 Å². The maximum absolute atomic E-state index is 10.6. The van der Waals surface area contributed by atoms with E-state index in [0.29, 0.717) is 5.56 Å². The summed E-state index contributed by atoms with van der Waals surface area (Å²) in [6.45, 7) is 15.6. The molecule has 0 aliphatic rings. The molecule has 0 saturated carbocycles. The molecule has 1 aromatic carbocycles. The third-order valence-electron chi connectivity index (χ3n) is 3.92. The highest BCUT2D eigenvalue weighted by molar-refractivity contribution is 5.94. The average Bonchev–Trinajstić information content (AvgIpc) is 2.63. The molecule has 0 aromatic heterocycles. The first kappa shape index (κ1) is 27.9. The number of carboxylic acids is 2. The van der Waals surface area contributed by atoms with E-state index in [1.54, 1.807) is 6.92 Å². The number of allylic oxidation sites excluding steroid dienone is 2. The Balaban J connectivity index is 0. The van der Waals surface area contributed by atoms with Gasteiger partial charge in [-0.3, -0.25) is 0 Å². The van der Waals surface area contributed by atoms with Crippen LogP contribution in [0.4, 0.5) is 0 Å². The number of aromatic carboxylic acids is 2. The molecule has 0 heterocycles. The number of hydrogen-bond donors (Lipinski definition) is 2. The van der Waals surface area contributed by atoms with E-state index < -0.39 is 11.9 Å². The number of aryl methyl sites for hydroxylation is 1. The molecule has 0 atom stereocenters. The van der Waals surface area contributed by atoms with Gasteiger partial charge in [0, 0.05) is 0 Å². The summed E-state index contributed by atoms with van der Waals surface area (Å²) in [5, 5.41) is 17.3. The molecule has 0 amide bonds. The summed E-state index contributed by atoms with van der Waals surface area (Å²) >= 11 is 0. The van der Waals surface area contributed by atoms with Gasteiger partial charge >= 0.3 is 11.9 Å². The standard InChI is InChI=1S/C9H8O4.C8H16.C7H14/c1-5-2-3-6(8(10)11)4-7(5)9(12)13;1-4-5-6-7-8(2)3;1-3-5-7-6-4-2/h2-4H,1H3,(H,10,11)(H,12,13);4,8H,1,5-7H2,2-3H3;3H,1,4-7H2,2H3. The van der Waals surface area contributed by atoms with E-state index >= 15 is 0 Å². The summed E-state index contributed by atoms with van der Waals surface area (Å²) in [4.78, 5) is 21.1. The van der Waals surface area contributed by atoms with Gasteiger partial charge in [0.1, 0.15) is 0 Å². The van der Waals surface area contributed by atoms with Crippen LogP contribution in [0.1, 0.15) is 92.0 Å². The van der Waals surface area contributed by atoms with E-state index in [-0.39, 0.29) is 11.1 Å². The van der Waals surface area contributed by atoms with Gasteiger partial charge < -0.3 is 10.2 Å². The summed E-state index contributed by atoms with van der Waals surface area (Å²) in [6.07, 6.45) is 13.0. The van der Waals surface area contributed by atoms with Crippen molar-refractivity contribution in [3.63, 3.8) is 0 Å². The van der Waals surface area contributed by atoms with E-state index in [2.05, 4.69) is 33.9 Å². The van der Waals surface area contributed by atoms with Gasteiger partial charge in [-0.1, -0.05) is 58.3 Å². The zero-order valence-electron chi connectivity index (χ0n) is 18.0. The van der Waals surface area contributed by atoms with Crippen molar-refractivity contribution in [2.24, 2.45) is 5.92 Å². The second-order valence-corrected chi connectivity index (χ2v) is 7.04. The van der Waals surface area contributed by atoms with Crippen LogP contribution in [0.25, 0.3) is 0 Å². The Morgan fingerprint density at radius 2 is 1.57 bits per heavy atom. The summed E-state index contributed by atoms with van der Waals surface area (Å²) in [5.41, 5.74) is 0.570. The average molecular weight is 391 g/mol. The van der Waals surface area contributed by atoms with Crippen LogP contribution in [0, 0.1) is 12.8 Å². The zero-order chi connectivity index (χ0) is 21.9. The van der Waals surface area contributed by atoms with Crippen molar-refractivity contribution in [1.82, 2.24) is 0 Å². The first-order valence-corrected chi connectivity index (χ1v) is 10.00. The Hall–Kier alpha value is -2.36. The van der Waals surface area contributed by atoms with Crippen LogP contribution in [0.15, 0.2) is 43.5 Å². The quantitative estimate of drug-likeness (QED) is 0.329. The lowest BCUT2D eigenvalue weighted by Crippen LogP contribution is -2.03. The van der Waals surface area contributed by atoms with Gasteiger partial charge in [0.25, 0.3) is 0 Å². The van der Waals surface area contributed by atoms with E-state index in [9.17, 15) is 9.59 Å². The molecular formula is C24H38O4. The van der Waals surface area contributed by atoms with Crippen LogP contribution in [0.5, 0.6) is 0 Å². The van der Waals surface area contributed by atoms with Crippen LogP contribution in [-0.4, -0.2) is 22.2 Å². The Morgan fingerprint density at radius 3 is 2.00 bits per heavy atom. The zero-order valence-corrected chi connectivity index (χ0v) is 18.0. The molecule has 0 aliphatic heterocycles. The third-order valence-corrected chi connectivity index (χ3v) is 3.92. The molecule has 1 rings (SSSR count). The molecule has 0 saturated heterocycles. The number of carbonyl (C=O) groups is 2. The van der Waals surface area contributed by atoms with Crippen molar-refractivity contribution in [3.8, 4) is 0 Å². The monoisotopic (exact) mass is 390 g/mol.